The first-order valence-electron chi connectivity index (χ1n) is 8.00. The predicted octanol–water partition coefficient (Wildman–Crippen LogP) is 3.62. The van der Waals surface area contributed by atoms with Crippen molar-refractivity contribution in [1.29, 1.82) is 0 Å². The summed E-state index contributed by atoms with van der Waals surface area (Å²) in [5.74, 6) is 1.91. The fraction of sp³-hybridized carbons (Fsp3) is 0.611. The molecule has 0 spiro atoms. The van der Waals surface area contributed by atoms with Crippen LogP contribution in [0.25, 0.3) is 0 Å². The number of ketones is 1. The van der Waals surface area contributed by atoms with Crippen molar-refractivity contribution in [2.45, 2.75) is 40.5 Å². The third kappa shape index (κ3) is 4.07. The summed E-state index contributed by atoms with van der Waals surface area (Å²) in [6.45, 7) is 11.5. The summed E-state index contributed by atoms with van der Waals surface area (Å²) >= 11 is 0. The van der Waals surface area contributed by atoms with Crippen molar-refractivity contribution in [3.8, 4) is 5.75 Å². The molecule has 1 aromatic rings. The zero-order valence-electron chi connectivity index (χ0n) is 13.7. The van der Waals surface area contributed by atoms with Crippen molar-refractivity contribution < 1.29 is 9.53 Å². The molecular formula is C18H27NO2. The van der Waals surface area contributed by atoms with Crippen molar-refractivity contribution in [3.05, 3.63) is 28.8 Å². The van der Waals surface area contributed by atoms with Crippen LogP contribution in [0.4, 0.5) is 0 Å². The lowest BCUT2D eigenvalue weighted by Crippen LogP contribution is -2.37. The number of aryl methyl sites for hydroxylation is 2. The minimum Gasteiger partial charge on any atom is -0.494 e. The summed E-state index contributed by atoms with van der Waals surface area (Å²) < 4.78 is 5.59. The van der Waals surface area contributed by atoms with E-state index in [0.717, 1.165) is 41.4 Å². The molecule has 0 bridgehead atoms. The summed E-state index contributed by atoms with van der Waals surface area (Å²) in [6.07, 6.45) is 2.41. The Kier molecular flexibility index (Phi) is 5.40. The van der Waals surface area contributed by atoms with E-state index in [1.54, 1.807) is 0 Å². The molecule has 0 unspecified atom stereocenters. The van der Waals surface area contributed by atoms with E-state index in [9.17, 15) is 4.79 Å². The first kappa shape index (κ1) is 16.0. The van der Waals surface area contributed by atoms with E-state index in [4.69, 9.17) is 4.74 Å². The molecule has 0 atom stereocenters. The topological polar surface area (TPSA) is 29.5 Å². The molecule has 0 radical (unpaired) electrons. The van der Waals surface area contributed by atoms with Gasteiger partial charge in [0, 0.05) is 5.56 Å². The highest BCUT2D eigenvalue weighted by atomic mass is 16.5. The van der Waals surface area contributed by atoms with Crippen LogP contribution in [0.2, 0.25) is 0 Å². The summed E-state index contributed by atoms with van der Waals surface area (Å²) in [7, 11) is 0. The molecular weight excluding hydrogens is 262 g/mol. The van der Waals surface area contributed by atoms with Gasteiger partial charge in [0.05, 0.1) is 13.2 Å². The molecule has 0 N–H and O–H groups in total. The summed E-state index contributed by atoms with van der Waals surface area (Å²) in [6, 6.07) is 3.97. The average molecular weight is 289 g/mol. The highest BCUT2D eigenvalue weighted by molar-refractivity contribution is 5.99. The van der Waals surface area contributed by atoms with Crippen LogP contribution in [-0.2, 0) is 0 Å². The highest BCUT2D eigenvalue weighted by Crippen LogP contribution is 2.24. The maximum absolute atomic E-state index is 12.6. The Bertz CT molecular complexity index is 502. The first-order chi connectivity index (χ1) is 10.0. The Balaban J connectivity index is 2.07. The van der Waals surface area contributed by atoms with Crippen molar-refractivity contribution >= 4 is 5.78 Å². The van der Waals surface area contributed by atoms with Gasteiger partial charge in [-0.3, -0.25) is 9.69 Å². The maximum atomic E-state index is 12.6. The number of hydrogen-bond acceptors (Lipinski definition) is 3. The molecule has 0 aliphatic carbocycles. The van der Waals surface area contributed by atoms with Gasteiger partial charge >= 0.3 is 0 Å². The van der Waals surface area contributed by atoms with Crippen LogP contribution in [-0.4, -0.2) is 36.9 Å². The van der Waals surface area contributed by atoms with Gasteiger partial charge in [-0.1, -0.05) is 6.92 Å². The van der Waals surface area contributed by atoms with Crippen LogP contribution in [0, 0.1) is 19.8 Å². The van der Waals surface area contributed by atoms with E-state index >= 15 is 0 Å². The number of hydrogen-bond donors (Lipinski definition) is 0. The molecule has 0 saturated carbocycles. The second-order valence-electron chi connectivity index (χ2n) is 6.25. The Hall–Kier alpha value is -1.35. The lowest BCUT2D eigenvalue weighted by molar-refractivity contribution is 0.0899. The number of piperidine rings is 1. The van der Waals surface area contributed by atoms with E-state index in [1.165, 1.54) is 12.8 Å². The minimum absolute atomic E-state index is 0.230. The molecule has 1 aliphatic rings. The van der Waals surface area contributed by atoms with E-state index in [1.807, 2.05) is 32.9 Å². The van der Waals surface area contributed by atoms with Crippen LogP contribution in [0.15, 0.2) is 12.1 Å². The molecule has 21 heavy (non-hydrogen) atoms. The zero-order valence-corrected chi connectivity index (χ0v) is 13.7. The molecule has 3 nitrogen and oxygen atoms in total. The van der Waals surface area contributed by atoms with Crippen molar-refractivity contribution in [3.63, 3.8) is 0 Å². The monoisotopic (exact) mass is 289 g/mol. The zero-order chi connectivity index (χ0) is 15.4. The summed E-state index contributed by atoms with van der Waals surface area (Å²) in [5, 5.41) is 0. The second kappa shape index (κ2) is 7.08. The van der Waals surface area contributed by atoms with E-state index in [2.05, 4.69) is 11.8 Å². The largest absolute Gasteiger partial charge is 0.494 e. The van der Waals surface area contributed by atoms with Gasteiger partial charge in [0.15, 0.2) is 5.78 Å². The van der Waals surface area contributed by atoms with Crippen LogP contribution < -0.4 is 4.74 Å². The lowest BCUT2D eigenvalue weighted by Gasteiger charge is -2.29. The standard InChI is InChI=1S/C18H27NO2/c1-5-21-18-11-14(3)16(10-15(18)4)17(20)12-19-8-6-13(2)7-9-19/h10-11,13H,5-9,12H2,1-4H3. The number of rotatable bonds is 5. The molecule has 1 saturated heterocycles. The van der Waals surface area contributed by atoms with Crippen LogP contribution in [0.3, 0.4) is 0 Å². The van der Waals surface area contributed by atoms with Crippen LogP contribution >= 0.6 is 0 Å². The molecule has 1 aromatic carbocycles. The number of Topliss-reactive ketones (excluding diaryl/α,β-unsaturated/α-hetero) is 1. The average Bonchev–Trinajstić information content (AvgIpc) is 2.45. The quantitative estimate of drug-likeness (QED) is 0.775. The first-order valence-corrected chi connectivity index (χ1v) is 8.00. The third-order valence-electron chi connectivity index (χ3n) is 4.37. The predicted molar refractivity (Wildman–Crippen MR) is 86.3 cm³/mol. The fourth-order valence-corrected chi connectivity index (χ4v) is 2.91. The molecule has 1 aliphatic heterocycles. The van der Waals surface area contributed by atoms with Gasteiger partial charge in [-0.2, -0.15) is 0 Å². The summed E-state index contributed by atoms with van der Waals surface area (Å²) in [4.78, 5) is 14.8. The van der Waals surface area contributed by atoms with Crippen LogP contribution in [0.1, 0.15) is 48.2 Å². The van der Waals surface area contributed by atoms with E-state index in [-0.39, 0.29) is 5.78 Å². The number of ether oxygens (including phenoxy) is 1. The third-order valence-corrected chi connectivity index (χ3v) is 4.37. The van der Waals surface area contributed by atoms with E-state index < -0.39 is 0 Å². The number of carbonyl (C=O) groups is 1. The van der Waals surface area contributed by atoms with Crippen molar-refractivity contribution in [1.82, 2.24) is 4.90 Å². The molecule has 116 valence electrons. The Morgan fingerprint density at radius 3 is 2.52 bits per heavy atom. The Morgan fingerprint density at radius 1 is 1.24 bits per heavy atom. The van der Waals surface area contributed by atoms with Gasteiger partial charge in [-0.05, 0) is 75.9 Å². The van der Waals surface area contributed by atoms with Gasteiger partial charge in [0.2, 0.25) is 0 Å². The minimum atomic E-state index is 0.230. The van der Waals surface area contributed by atoms with Crippen molar-refractivity contribution in [2.24, 2.45) is 5.92 Å². The maximum Gasteiger partial charge on any atom is 0.177 e. The normalized spacial score (nSPS) is 17.0. The SMILES string of the molecule is CCOc1cc(C)c(C(=O)CN2CCC(C)CC2)cc1C. The van der Waals surface area contributed by atoms with E-state index in [0.29, 0.717) is 13.2 Å². The smallest absolute Gasteiger partial charge is 0.177 e. The fourth-order valence-electron chi connectivity index (χ4n) is 2.91. The molecule has 0 amide bonds. The number of benzene rings is 1. The number of carbonyl (C=O) groups excluding carboxylic acids is 1. The molecule has 3 heteroatoms. The number of nitrogens with zero attached hydrogens (tertiary/aromatic N) is 1. The van der Waals surface area contributed by atoms with Crippen molar-refractivity contribution in [2.75, 3.05) is 26.2 Å². The van der Waals surface area contributed by atoms with Gasteiger partial charge in [0.25, 0.3) is 0 Å². The lowest BCUT2D eigenvalue weighted by atomic mass is 9.97. The molecule has 1 heterocycles. The molecule has 0 aromatic heterocycles. The van der Waals surface area contributed by atoms with Gasteiger partial charge < -0.3 is 4.74 Å². The highest BCUT2D eigenvalue weighted by Gasteiger charge is 2.20. The van der Waals surface area contributed by atoms with Crippen LogP contribution in [0.5, 0.6) is 5.75 Å². The van der Waals surface area contributed by atoms with Gasteiger partial charge in [0.1, 0.15) is 5.75 Å². The molecule has 1 fully saturated rings. The second-order valence-corrected chi connectivity index (χ2v) is 6.25. The molecule has 2 rings (SSSR count). The van der Waals surface area contributed by atoms with Gasteiger partial charge in [-0.25, -0.2) is 0 Å². The Labute approximate surface area is 128 Å². The summed E-state index contributed by atoms with van der Waals surface area (Å²) in [5.41, 5.74) is 2.90. The number of likely N-dealkylation sites (tertiary alicyclic amines) is 1. The Morgan fingerprint density at radius 2 is 1.90 bits per heavy atom. The van der Waals surface area contributed by atoms with Gasteiger partial charge in [-0.15, -0.1) is 0 Å².